The standard InChI is InChI=1S/C19H23NO5S/c1-19(8-9-26(22,23)12-19)20-18(21)11-24-13-6-7-17-15(10-13)14-4-2-3-5-16(14)25-17/h6-7,10H,2-5,8-9,11-12H2,1H3,(H,20,21). The predicted octanol–water partition coefficient (Wildman–Crippen LogP) is 2.38. The molecule has 7 heteroatoms. The number of hydrogen-bond donors (Lipinski definition) is 1. The van der Waals surface area contributed by atoms with Crippen LogP contribution in [-0.4, -0.2) is 38.0 Å². The number of carbonyl (C=O) groups is 1. The lowest BCUT2D eigenvalue weighted by molar-refractivity contribution is -0.124. The van der Waals surface area contributed by atoms with E-state index in [4.69, 9.17) is 9.15 Å². The lowest BCUT2D eigenvalue weighted by Gasteiger charge is -2.23. The molecule has 2 aliphatic rings. The summed E-state index contributed by atoms with van der Waals surface area (Å²) in [5, 5.41) is 3.86. The van der Waals surface area contributed by atoms with Crippen LogP contribution in [0.15, 0.2) is 22.6 Å². The summed E-state index contributed by atoms with van der Waals surface area (Å²) in [4.78, 5) is 12.2. The van der Waals surface area contributed by atoms with Crippen molar-refractivity contribution in [3.8, 4) is 5.75 Å². The molecule has 1 N–H and O–H groups in total. The van der Waals surface area contributed by atoms with Crippen LogP contribution in [0.5, 0.6) is 5.75 Å². The summed E-state index contributed by atoms with van der Waals surface area (Å²) in [5.74, 6) is 1.48. The van der Waals surface area contributed by atoms with Crippen molar-refractivity contribution in [1.82, 2.24) is 5.32 Å². The summed E-state index contributed by atoms with van der Waals surface area (Å²) < 4.78 is 34.8. The molecule has 0 saturated carbocycles. The van der Waals surface area contributed by atoms with Gasteiger partial charge < -0.3 is 14.5 Å². The van der Waals surface area contributed by atoms with Gasteiger partial charge in [-0.25, -0.2) is 8.42 Å². The van der Waals surface area contributed by atoms with Crippen LogP contribution in [-0.2, 0) is 27.5 Å². The van der Waals surface area contributed by atoms with Gasteiger partial charge in [0, 0.05) is 17.4 Å². The van der Waals surface area contributed by atoms with Crippen molar-refractivity contribution in [3.05, 3.63) is 29.5 Å². The molecule has 1 atom stereocenters. The molecular weight excluding hydrogens is 354 g/mol. The van der Waals surface area contributed by atoms with Gasteiger partial charge in [0.25, 0.3) is 5.91 Å². The van der Waals surface area contributed by atoms with E-state index in [0.717, 1.165) is 42.4 Å². The van der Waals surface area contributed by atoms with Crippen molar-refractivity contribution in [3.63, 3.8) is 0 Å². The Balaban J connectivity index is 1.42. The lowest BCUT2D eigenvalue weighted by Crippen LogP contribution is -2.48. The minimum Gasteiger partial charge on any atom is -0.484 e. The Labute approximate surface area is 152 Å². The van der Waals surface area contributed by atoms with Gasteiger partial charge in [0.1, 0.15) is 17.1 Å². The third-order valence-electron chi connectivity index (χ3n) is 5.24. The van der Waals surface area contributed by atoms with E-state index in [1.807, 2.05) is 12.1 Å². The van der Waals surface area contributed by atoms with Crippen molar-refractivity contribution in [2.24, 2.45) is 0 Å². The maximum atomic E-state index is 12.2. The van der Waals surface area contributed by atoms with Gasteiger partial charge in [-0.05, 0) is 50.8 Å². The monoisotopic (exact) mass is 377 g/mol. The highest BCUT2D eigenvalue weighted by Gasteiger charge is 2.39. The minimum absolute atomic E-state index is 0.0150. The number of fused-ring (bicyclic) bond motifs is 3. The first-order valence-corrected chi connectivity index (χ1v) is 10.8. The second-order valence-electron chi connectivity index (χ2n) is 7.61. The Morgan fingerprint density at radius 2 is 2.12 bits per heavy atom. The molecule has 4 rings (SSSR count). The number of sulfone groups is 1. The van der Waals surface area contributed by atoms with Crippen LogP contribution in [0.2, 0.25) is 0 Å². The van der Waals surface area contributed by atoms with E-state index >= 15 is 0 Å². The Morgan fingerprint density at radius 1 is 1.31 bits per heavy atom. The third kappa shape index (κ3) is 3.45. The Kier molecular flexibility index (Phi) is 4.22. The van der Waals surface area contributed by atoms with Crippen LogP contribution in [0.1, 0.15) is 37.5 Å². The Morgan fingerprint density at radius 3 is 2.88 bits per heavy atom. The summed E-state index contributed by atoms with van der Waals surface area (Å²) in [6, 6.07) is 5.61. The highest BCUT2D eigenvalue weighted by Crippen LogP contribution is 2.34. The van der Waals surface area contributed by atoms with Crippen molar-refractivity contribution < 1.29 is 22.4 Å². The van der Waals surface area contributed by atoms with Crippen molar-refractivity contribution in [2.75, 3.05) is 18.1 Å². The Bertz CT molecular complexity index is 962. The number of amides is 1. The molecule has 1 aromatic carbocycles. The van der Waals surface area contributed by atoms with Crippen molar-refractivity contribution >= 4 is 26.7 Å². The highest BCUT2D eigenvalue weighted by molar-refractivity contribution is 7.91. The van der Waals surface area contributed by atoms with E-state index in [1.165, 1.54) is 5.56 Å². The maximum absolute atomic E-state index is 12.2. The molecule has 1 fully saturated rings. The van der Waals surface area contributed by atoms with Crippen molar-refractivity contribution in [2.45, 2.75) is 44.6 Å². The molecule has 1 aromatic heterocycles. The lowest BCUT2D eigenvalue weighted by atomic mass is 9.96. The first-order chi connectivity index (χ1) is 12.3. The first-order valence-electron chi connectivity index (χ1n) is 9.02. The summed E-state index contributed by atoms with van der Waals surface area (Å²) >= 11 is 0. The van der Waals surface area contributed by atoms with Gasteiger partial charge in [-0.15, -0.1) is 0 Å². The molecule has 26 heavy (non-hydrogen) atoms. The fourth-order valence-corrected chi connectivity index (χ4v) is 6.06. The summed E-state index contributed by atoms with van der Waals surface area (Å²) in [6.45, 7) is 1.63. The molecular formula is C19H23NO5S. The van der Waals surface area contributed by atoms with Crippen LogP contribution in [0.4, 0.5) is 0 Å². The normalized spacial score (nSPS) is 24.3. The SMILES string of the molecule is CC1(NC(=O)COc2ccc3oc4c(c3c2)CCCC4)CCS(=O)(=O)C1. The molecule has 6 nitrogen and oxygen atoms in total. The number of hydrogen-bond acceptors (Lipinski definition) is 5. The fraction of sp³-hybridized carbons (Fsp3) is 0.526. The van der Waals surface area contributed by atoms with E-state index < -0.39 is 15.4 Å². The van der Waals surface area contributed by atoms with E-state index in [9.17, 15) is 13.2 Å². The van der Waals surface area contributed by atoms with E-state index in [2.05, 4.69) is 5.32 Å². The zero-order valence-corrected chi connectivity index (χ0v) is 15.7. The molecule has 140 valence electrons. The third-order valence-corrected chi connectivity index (χ3v) is 7.14. The number of benzene rings is 1. The zero-order chi connectivity index (χ0) is 18.4. The molecule has 1 aliphatic carbocycles. The van der Waals surface area contributed by atoms with E-state index in [-0.39, 0.29) is 24.0 Å². The second-order valence-corrected chi connectivity index (χ2v) is 9.79. The number of ether oxygens (including phenoxy) is 1. The summed E-state index contributed by atoms with van der Waals surface area (Å²) in [5.41, 5.74) is 1.41. The molecule has 1 amide bonds. The van der Waals surface area contributed by atoms with Gasteiger partial charge in [-0.1, -0.05) is 0 Å². The van der Waals surface area contributed by atoms with Gasteiger partial charge >= 0.3 is 0 Å². The average molecular weight is 377 g/mol. The highest BCUT2D eigenvalue weighted by atomic mass is 32.2. The number of furan rings is 1. The molecule has 0 radical (unpaired) electrons. The van der Waals surface area contributed by atoms with E-state index in [0.29, 0.717) is 12.2 Å². The molecule has 1 saturated heterocycles. The van der Waals surface area contributed by atoms with Gasteiger partial charge in [-0.2, -0.15) is 0 Å². The van der Waals surface area contributed by atoms with Crippen LogP contribution in [0.25, 0.3) is 11.0 Å². The molecule has 2 aromatic rings. The molecule has 1 unspecified atom stereocenters. The predicted molar refractivity (Wildman–Crippen MR) is 98.2 cm³/mol. The van der Waals surface area contributed by atoms with Gasteiger partial charge in [0.15, 0.2) is 16.4 Å². The van der Waals surface area contributed by atoms with Crippen LogP contribution in [0.3, 0.4) is 0 Å². The van der Waals surface area contributed by atoms with Gasteiger partial charge in [0.05, 0.1) is 17.0 Å². The van der Waals surface area contributed by atoms with Crippen molar-refractivity contribution in [1.29, 1.82) is 0 Å². The van der Waals surface area contributed by atoms with Crippen LogP contribution in [0, 0.1) is 0 Å². The van der Waals surface area contributed by atoms with E-state index in [1.54, 1.807) is 13.0 Å². The average Bonchev–Trinajstić information content (AvgIpc) is 3.09. The summed E-state index contributed by atoms with van der Waals surface area (Å²) in [6.07, 6.45) is 4.75. The number of rotatable bonds is 4. The molecule has 0 bridgehead atoms. The first kappa shape index (κ1) is 17.4. The molecule has 1 aliphatic heterocycles. The summed E-state index contributed by atoms with van der Waals surface area (Å²) in [7, 11) is -3.06. The smallest absolute Gasteiger partial charge is 0.258 e. The van der Waals surface area contributed by atoms with Gasteiger partial charge in [0.2, 0.25) is 0 Å². The minimum atomic E-state index is -3.06. The number of carbonyl (C=O) groups excluding carboxylic acids is 1. The number of nitrogens with one attached hydrogen (secondary N) is 1. The maximum Gasteiger partial charge on any atom is 0.258 e. The van der Waals surface area contributed by atoms with Gasteiger partial charge in [-0.3, -0.25) is 4.79 Å². The topological polar surface area (TPSA) is 85.6 Å². The second kappa shape index (κ2) is 6.30. The van der Waals surface area contributed by atoms with Crippen LogP contribution < -0.4 is 10.1 Å². The zero-order valence-electron chi connectivity index (χ0n) is 14.8. The quantitative estimate of drug-likeness (QED) is 0.884. The fourth-order valence-electron chi connectivity index (χ4n) is 3.96. The Hall–Kier alpha value is -2.02. The molecule has 0 spiro atoms. The molecule has 2 heterocycles. The van der Waals surface area contributed by atoms with Crippen LogP contribution >= 0.6 is 0 Å². The number of aryl methyl sites for hydroxylation is 2. The largest absolute Gasteiger partial charge is 0.484 e.